The van der Waals surface area contributed by atoms with Crippen molar-refractivity contribution in [3.63, 3.8) is 0 Å². The van der Waals surface area contributed by atoms with Crippen LogP contribution in [-0.4, -0.2) is 25.7 Å². The highest BCUT2D eigenvalue weighted by atomic mass is 35.5. The minimum Gasteiger partial charge on any atom is -0.375 e. The molecule has 4 heteroatoms. The maximum atomic E-state index is 11.2. The number of hydrogen-bond donors (Lipinski definition) is 1. The Labute approximate surface area is 101 Å². The van der Waals surface area contributed by atoms with Crippen molar-refractivity contribution in [3.05, 3.63) is 34.9 Å². The van der Waals surface area contributed by atoms with Crippen LogP contribution in [0.2, 0.25) is 5.02 Å². The topological polar surface area (TPSA) is 38.3 Å². The van der Waals surface area contributed by atoms with Crippen molar-refractivity contribution in [1.82, 2.24) is 5.32 Å². The summed E-state index contributed by atoms with van der Waals surface area (Å²) in [6.07, 6.45) is 0.784. The molecule has 1 amide bonds. The monoisotopic (exact) mass is 241 g/mol. The van der Waals surface area contributed by atoms with Gasteiger partial charge in [0.25, 0.3) is 0 Å². The van der Waals surface area contributed by atoms with Crippen LogP contribution in [0.4, 0.5) is 0 Å². The van der Waals surface area contributed by atoms with Crippen LogP contribution in [0.1, 0.15) is 12.5 Å². The van der Waals surface area contributed by atoms with E-state index in [0.717, 1.165) is 17.0 Å². The molecular formula is C12H16ClNO2. The molecule has 0 aliphatic heterocycles. The quantitative estimate of drug-likeness (QED) is 0.857. The van der Waals surface area contributed by atoms with Gasteiger partial charge in [0.1, 0.15) is 6.61 Å². The summed E-state index contributed by atoms with van der Waals surface area (Å²) >= 11 is 5.79. The van der Waals surface area contributed by atoms with Gasteiger partial charge >= 0.3 is 0 Å². The van der Waals surface area contributed by atoms with Gasteiger partial charge in [0.15, 0.2) is 0 Å². The molecule has 0 spiro atoms. The molecule has 0 radical (unpaired) electrons. The number of rotatable bonds is 5. The summed E-state index contributed by atoms with van der Waals surface area (Å²) in [5.41, 5.74) is 1.15. The van der Waals surface area contributed by atoms with Crippen molar-refractivity contribution in [2.24, 2.45) is 0 Å². The van der Waals surface area contributed by atoms with Crippen LogP contribution in [0.15, 0.2) is 24.3 Å². The lowest BCUT2D eigenvalue weighted by molar-refractivity contribution is -0.125. The Bertz CT molecular complexity index is 337. The van der Waals surface area contributed by atoms with E-state index in [2.05, 4.69) is 5.32 Å². The first-order valence-corrected chi connectivity index (χ1v) is 5.52. The van der Waals surface area contributed by atoms with Crippen LogP contribution < -0.4 is 5.32 Å². The number of carbonyl (C=O) groups excluding carboxylic acids is 1. The van der Waals surface area contributed by atoms with Gasteiger partial charge in [-0.25, -0.2) is 0 Å². The van der Waals surface area contributed by atoms with Crippen molar-refractivity contribution in [1.29, 1.82) is 0 Å². The van der Waals surface area contributed by atoms with Crippen LogP contribution in [0.3, 0.4) is 0 Å². The molecule has 0 aromatic heterocycles. The Kier molecular flexibility index (Phi) is 5.29. The molecule has 0 bridgehead atoms. The highest BCUT2D eigenvalue weighted by Gasteiger charge is 2.07. The predicted octanol–water partition coefficient (Wildman–Crippen LogP) is 2.03. The number of nitrogens with one attached hydrogen (secondary N) is 1. The number of carbonyl (C=O) groups is 1. The van der Waals surface area contributed by atoms with E-state index in [1.165, 1.54) is 7.11 Å². The molecule has 0 saturated carbocycles. The number of halogens is 1. The minimum absolute atomic E-state index is 0.0869. The van der Waals surface area contributed by atoms with E-state index >= 15 is 0 Å². The molecule has 0 fully saturated rings. The predicted molar refractivity (Wildman–Crippen MR) is 64.6 cm³/mol. The number of benzene rings is 1. The fraction of sp³-hybridized carbons (Fsp3) is 0.417. The average molecular weight is 242 g/mol. The van der Waals surface area contributed by atoms with Gasteiger partial charge in [-0.3, -0.25) is 4.79 Å². The van der Waals surface area contributed by atoms with Crippen LogP contribution in [0.25, 0.3) is 0 Å². The Morgan fingerprint density at radius 2 is 2.06 bits per heavy atom. The Balaban J connectivity index is 2.42. The normalized spacial score (nSPS) is 12.2. The van der Waals surface area contributed by atoms with Crippen LogP contribution in [0.5, 0.6) is 0 Å². The lowest BCUT2D eigenvalue weighted by atomic mass is 10.1. The molecule has 1 unspecified atom stereocenters. The lowest BCUT2D eigenvalue weighted by Crippen LogP contribution is -2.36. The Morgan fingerprint density at radius 1 is 1.44 bits per heavy atom. The van der Waals surface area contributed by atoms with E-state index < -0.39 is 0 Å². The standard InChI is InChI=1S/C12H16ClNO2/c1-9(14-12(15)8-16-2)7-10-3-5-11(13)6-4-10/h3-6,9H,7-8H2,1-2H3,(H,14,15). The van der Waals surface area contributed by atoms with Gasteiger partial charge in [0.05, 0.1) is 0 Å². The number of hydrogen-bond acceptors (Lipinski definition) is 2. The maximum absolute atomic E-state index is 11.2. The molecule has 0 heterocycles. The fourth-order valence-electron chi connectivity index (χ4n) is 1.47. The third kappa shape index (κ3) is 4.64. The third-order valence-electron chi connectivity index (χ3n) is 2.14. The van der Waals surface area contributed by atoms with E-state index in [1.807, 2.05) is 31.2 Å². The fourth-order valence-corrected chi connectivity index (χ4v) is 1.60. The summed E-state index contributed by atoms with van der Waals surface area (Å²) in [5.74, 6) is -0.0936. The maximum Gasteiger partial charge on any atom is 0.246 e. The van der Waals surface area contributed by atoms with Gasteiger partial charge in [-0.05, 0) is 31.0 Å². The van der Waals surface area contributed by atoms with Gasteiger partial charge in [0.2, 0.25) is 5.91 Å². The molecule has 0 saturated heterocycles. The summed E-state index contributed by atoms with van der Waals surface area (Å²) in [6, 6.07) is 7.70. The summed E-state index contributed by atoms with van der Waals surface area (Å²) in [4.78, 5) is 11.2. The Morgan fingerprint density at radius 3 is 2.62 bits per heavy atom. The molecule has 16 heavy (non-hydrogen) atoms. The summed E-state index contributed by atoms with van der Waals surface area (Å²) in [7, 11) is 1.50. The zero-order valence-electron chi connectivity index (χ0n) is 9.50. The second-order valence-electron chi connectivity index (χ2n) is 3.73. The molecule has 88 valence electrons. The Hall–Kier alpha value is -1.06. The van der Waals surface area contributed by atoms with E-state index in [-0.39, 0.29) is 18.6 Å². The molecular weight excluding hydrogens is 226 g/mol. The number of amides is 1. The zero-order valence-corrected chi connectivity index (χ0v) is 10.3. The van der Waals surface area contributed by atoms with Crippen molar-refractivity contribution >= 4 is 17.5 Å². The smallest absolute Gasteiger partial charge is 0.246 e. The molecule has 0 aliphatic carbocycles. The molecule has 1 atom stereocenters. The minimum atomic E-state index is -0.0936. The molecule has 1 aromatic carbocycles. The summed E-state index contributed by atoms with van der Waals surface area (Å²) in [6.45, 7) is 2.06. The van der Waals surface area contributed by atoms with Crippen molar-refractivity contribution < 1.29 is 9.53 Å². The molecule has 1 N–H and O–H groups in total. The van der Waals surface area contributed by atoms with Crippen molar-refractivity contribution in [3.8, 4) is 0 Å². The molecule has 3 nitrogen and oxygen atoms in total. The molecule has 0 aliphatic rings. The molecule has 1 rings (SSSR count). The number of methoxy groups -OCH3 is 1. The highest BCUT2D eigenvalue weighted by molar-refractivity contribution is 6.30. The first kappa shape index (κ1) is 13.0. The zero-order chi connectivity index (χ0) is 12.0. The summed E-state index contributed by atoms with van der Waals surface area (Å²) in [5, 5.41) is 3.57. The van der Waals surface area contributed by atoms with Gasteiger partial charge in [0, 0.05) is 18.2 Å². The lowest BCUT2D eigenvalue weighted by Gasteiger charge is -2.13. The van der Waals surface area contributed by atoms with E-state index in [9.17, 15) is 4.79 Å². The summed E-state index contributed by atoms with van der Waals surface area (Å²) < 4.78 is 4.74. The largest absolute Gasteiger partial charge is 0.375 e. The van der Waals surface area contributed by atoms with Gasteiger partial charge in [-0.2, -0.15) is 0 Å². The van der Waals surface area contributed by atoms with Crippen molar-refractivity contribution in [2.75, 3.05) is 13.7 Å². The van der Waals surface area contributed by atoms with Crippen LogP contribution >= 0.6 is 11.6 Å². The average Bonchev–Trinajstić information content (AvgIpc) is 2.21. The van der Waals surface area contributed by atoms with Crippen LogP contribution in [-0.2, 0) is 16.0 Å². The molecule has 1 aromatic rings. The first-order chi connectivity index (χ1) is 7.61. The van der Waals surface area contributed by atoms with Gasteiger partial charge in [-0.1, -0.05) is 23.7 Å². The first-order valence-electron chi connectivity index (χ1n) is 5.14. The number of ether oxygens (including phenoxy) is 1. The second-order valence-corrected chi connectivity index (χ2v) is 4.17. The second kappa shape index (κ2) is 6.51. The van der Waals surface area contributed by atoms with Gasteiger partial charge < -0.3 is 10.1 Å². The van der Waals surface area contributed by atoms with E-state index in [0.29, 0.717) is 0 Å². The van der Waals surface area contributed by atoms with E-state index in [1.54, 1.807) is 0 Å². The third-order valence-corrected chi connectivity index (χ3v) is 2.39. The SMILES string of the molecule is COCC(=O)NC(C)Cc1ccc(Cl)cc1. The van der Waals surface area contributed by atoms with Crippen LogP contribution in [0, 0.1) is 0 Å². The highest BCUT2D eigenvalue weighted by Crippen LogP contribution is 2.10. The van der Waals surface area contributed by atoms with Crippen molar-refractivity contribution in [2.45, 2.75) is 19.4 Å². The van der Waals surface area contributed by atoms with E-state index in [4.69, 9.17) is 16.3 Å². The van der Waals surface area contributed by atoms with Gasteiger partial charge in [-0.15, -0.1) is 0 Å².